The van der Waals surface area contributed by atoms with Gasteiger partial charge in [0, 0.05) is 5.69 Å². The van der Waals surface area contributed by atoms with E-state index in [9.17, 15) is 9.59 Å². The molecule has 0 saturated carbocycles. The van der Waals surface area contributed by atoms with E-state index in [1.807, 2.05) is 31.2 Å². The highest BCUT2D eigenvalue weighted by molar-refractivity contribution is 5.95. The van der Waals surface area contributed by atoms with Crippen molar-refractivity contribution in [1.82, 2.24) is 0 Å². The molecular formula is C23H29NO4. The van der Waals surface area contributed by atoms with E-state index in [1.165, 1.54) is 0 Å². The molecule has 28 heavy (non-hydrogen) atoms. The molecule has 0 aliphatic carbocycles. The third kappa shape index (κ3) is 6.12. The van der Waals surface area contributed by atoms with E-state index >= 15 is 0 Å². The Balaban J connectivity index is 1.94. The maximum Gasteiger partial charge on any atom is 0.338 e. The van der Waals surface area contributed by atoms with Crippen molar-refractivity contribution in [2.45, 2.75) is 52.6 Å². The molecule has 0 aliphatic heterocycles. The van der Waals surface area contributed by atoms with Crippen LogP contribution >= 0.6 is 0 Å². The molecule has 5 nitrogen and oxygen atoms in total. The molecule has 0 radical (unpaired) electrons. The molecule has 0 aromatic heterocycles. The molecule has 150 valence electrons. The average Bonchev–Trinajstić information content (AvgIpc) is 2.68. The number of hydrogen-bond acceptors (Lipinski definition) is 4. The fourth-order valence-electron chi connectivity index (χ4n) is 2.63. The molecule has 2 rings (SSSR count). The van der Waals surface area contributed by atoms with Crippen LogP contribution in [0.2, 0.25) is 0 Å². The number of rotatable bonds is 9. The van der Waals surface area contributed by atoms with E-state index in [0.29, 0.717) is 29.5 Å². The highest BCUT2D eigenvalue weighted by Crippen LogP contribution is 2.26. The minimum atomic E-state index is -0.654. The number of nitrogens with one attached hydrogen (secondary N) is 1. The molecule has 1 N–H and O–H groups in total. The van der Waals surface area contributed by atoms with Crippen molar-refractivity contribution in [3.8, 4) is 5.75 Å². The van der Waals surface area contributed by atoms with Gasteiger partial charge in [-0.15, -0.1) is 0 Å². The standard InChI is InChI=1S/C23H29NO4/c1-5-6-15-27-23(26)18-11-13-19(14-12-18)24-22(25)17(4)28-21-10-8-7-9-20(21)16(2)3/h7-14,16-17H,5-6,15H2,1-4H3,(H,24,25)/t17-/m1/s1. The summed E-state index contributed by atoms with van der Waals surface area (Å²) in [7, 11) is 0. The fraction of sp³-hybridized carbons (Fsp3) is 0.391. The van der Waals surface area contributed by atoms with Crippen LogP contribution in [-0.4, -0.2) is 24.6 Å². The number of esters is 1. The monoisotopic (exact) mass is 383 g/mol. The average molecular weight is 383 g/mol. The van der Waals surface area contributed by atoms with Crippen molar-refractivity contribution < 1.29 is 19.1 Å². The fourth-order valence-corrected chi connectivity index (χ4v) is 2.63. The Morgan fingerprint density at radius 2 is 1.68 bits per heavy atom. The van der Waals surface area contributed by atoms with E-state index in [4.69, 9.17) is 9.47 Å². The molecular weight excluding hydrogens is 354 g/mol. The first-order valence-corrected chi connectivity index (χ1v) is 9.76. The Morgan fingerprint density at radius 1 is 1.00 bits per heavy atom. The molecule has 1 atom stereocenters. The molecule has 2 aromatic carbocycles. The third-order valence-corrected chi connectivity index (χ3v) is 4.33. The molecule has 5 heteroatoms. The number of anilines is 1. The van der Waals surface area contributed by atoms with Crippen LogP contribution in [0, 0.1) is 0 Å². The van der Waals surface area contributed by atoms with Gasteiger partial charge in [-0.3, -0.25) is 4.79 Å². The molecule has 2 aromatic rings. The second-order valence-corrected chi connectivity index (χ2v) is 7.01. The van der Waals surface area contributed by atoms with Crippen LogP contribution in [0.1, 0.15) is 62.4 Å². The molecule has 0 aliphatic rings. The first-order chi connectivity index (χ1) is 13.4. The number of ether oxygens (including phenoxy) is 2. The Morgan fingerprint density at radius 3 is 2.32 bits per heavy atom. The van der Waals surface area contributed by atoms with Gasteiger partial charge < -0.3 is 14.8 Å². The van der Waals surface area contributed by atoms with Crippen LogP contribution in [0.15, 0.2) is 48.5 Å². The molecule has 0 fully saturated rings. The molecule has 1 amide bonds. The van der Waals surface area contributed by atoms with Crippen molar-refractivity contribution in [1.29, 1.82) is 0 Å². The summed E-state index contributed by atoms with van der Waals surface area (Å²) in [4.78, 5) is 24.4. The summed E-state index contributed by atoms with van der Waals surface area (Å²) in [6.07, 6.45) is 1.16. The Bertz CT molecular complexity index is 783. The van der Waals surface area contributed by atoms with Gasteiger partial charge in [0.1, 0.15) is 5.75 Å². The van der Waals surface area contributed by atoms with Gasteiger partial charge in [0.15, 0.2) is 6.10 Å². The van der Waals surface area contributed by atoms with Crippen molar-refractivity contribution in [3.05, 3.63) is 59.7 Å². The smallest absolute Gasteiger partial charge is 0.338 e. The van der Waals surface area contributed by atoms with Crippen molar-refractivity contribution in [3.63, 3.8) is 0 Å². The molecule has 0 unspecified atom stereocenters. The summed E-state index contributed by atoms with van der Waals surface area (Å²) >= 11 is 0. The first kappa shape index (κ1) is 21.5. The van der Waals surface area contributed by atoms with Crippen molar-refractivity contribution in [2.24, 2.45) is 0 Å². The SMILES string of the molecule is CCCCOC(=O)c1ccc(NC(=O)[C@@H](C)Oc2ccccc2C(C)C)cc1. The first-order valence-electron chi connectivity index (χ1n) is 9.76. The van der Waals surface area contributed by atoms with Crippen molar-refractivity contribution >= 4 is 17.6 Å². The van der Waals surface area contributed by atoms with Crippen LogP contribution in [-0.2, 0) is 9.53 Å². The summed E-state index contributed by atoms with van der Waals surface area (Å²) < 4.78 is 11.0. The largest absolute Gasteiger partial charge is 0.481 e. The maximum absolute atomic E-state index is 12.5. The lowest BCUT2D eigenvalue weighted by atomic mass is 10.0. The molecule has 0 saturated heterocycles. The zero-order valence-corrected chi connectivity index (χ0v) is 17.0. The second-order valence-electron chi connectivity index (χ2n) is 7.01. The summed E-state index contributed by atoms with van der Waals surface area (Å²) in [5.74, 6) is 0.409. The van der Waals surface area contributed by atoms with Crippen LogP contribution in [0.5, 0.6) is 5.75 Å². The van der Waals surface area contributed by atoms with E-state index in [2.05, 4.69) is 19.2 Å². The van der Waals surface area contributed by atoms with Gasteiger partial charge in [0.2, 0.25) is 0 Å². The zero-order valence-electron chi connectivity index (χ0n) is 17.0. The summed E-state index contributed by atoms with van der Waals surface area (Å²) in [5, 5.41) is 2.81. The van der Waals surface area contributed by atoms with Gasteiger partial charge in [-0.25, -0.2) is 4.79 Å². The van der Waals surface area contributed by atoms with Crippen LogP contribution in [0.25, 0.3) is 0 Å². The van der Waals surface area contributed by atoms with E-state index in [1.54, 1.807) is 31.2 Å². The van der Waals surface area contributed by atoms with Gasteiger partial charge in [-0.05, 0) is 55.2 Å². The lowest BCUT2D eigenvalue weighted by Crippen LogP contribution is -2.30. The lowest BCUT2D eigenvalue weighted by molar-refractivity contribution is -0.122. The minimum Gasteiger partial charge on any atom is -0.481 e. The summed E-state index contributed by atoms with van der Waals surface area (Å²) in [6.45, 7) is 8.34. The zero-order chi connectivity index (χ0) is 20.5. The van der Waals surface area contributed by atoms with Crippen LogP contribution in [0.4, 0.5) is 5.69 Å². The number of para-hydroxylation sites is 1. The highest BCUT2D eigenvalue weighted by atomic mass is 16.5. The van der Waals surface area contributed by atoms with Crippen LogP contribution < -0.4 is 10.1 Å². The second kappa shape index (κ2) is 10.5. The van der Waals surface area contributed by atoms with Crippen LogP contribution in [0.3, 0.4) is 0 Å². The number of hydrogen-bond donors (Lipinski definition) is 1. The predicted octanol–water partition coefficient (Wildman–Crippen LogP) is 5.17. The third-order valence-electron chi connectivity index (χ3n) is 4.33. The van der Waals surface area contributed by atoms with Gasteiger partial charge in [0.25, 0.3) is 5.91 Å². The summed E-state index contributed by atoms with van der Waals surface area (Å²) in [5.41, 5.74) is 2.13. The van der Waals surface area contributed by atoms with E-state index in [0.717, 1.165) is 18.4 Å². The number of carbonyl (C=O) groups excluding carboxylic acids is 2. The van der Waals surface area contributed by atoms with Crippen molar-refractivity contribution in [2.75, 3.05) is 11.9 Å². The van der Waals surface area contributed by atoms with E-state index in [-0.39, 0.29) is 11.9 Å². The Labute approximate surface area is 167 Å². The molecule has 0 bridgehead atoms. The number of carbonyl (C=O) groups is 2. The summed E-state index contributed by atoms with van der Waals surface area (Å²) in [6, 6.07) is 14.4. The normalized spacial score (nSPS) is 11.8. The van der Waals surface area contributed by atoms with E-state index < -0.39 is 6.10 Å². The molecule has 0 heterocycles. The Hall–Kier alpha value is -2.82. The number of amides is 1. The van der Waals surface area contributed by atoms with Gasteiger partial charge in [-0.1, -0.05) is 45.4 Å². The van der Waals surface area contributed by atoms with Gasteiger partial charge in [-0.2, -0.15) is 0 Å². The number of unbranched alkanes of at least 4 members (excludes halogenated alkanes) is 1. The predicted molar refractivity (Wildman–Crippen MR) is 111 cm³/mol. The molecule has 0 spiro atoms. The van der Waals surface area contributed by atoms with Gasteiger partial charge in [0.05, 0.1) is 12.2 Å². The maximum atomic E-state index is 12.5. The lowest BCUT2D eigenvalue weighted by Gasteiger charge is -2.18. The minimum absolute atomic E-state index is 0.253. The van der Waals surface area contributed by atoms with Gasteiger partial charge >= 0.3 is 5.97 Å². The quantitative estimate of drug-likeness (QED) is 0.479. The highest BCUT2D eigenvalue weighted by Gasteiger charge is 2.17. The Kier molecular flexibility index (Phi) is 8.05. The number of benzene rings is 2. The topological polar surface area (TPSA) is 64.6 Å².